The SMILES string of the molecule is Cc1cc(NC2CC2)ccc1C(=O)O. The predicted octanol–water partition coefficient (Wildman–Crippen LogP) is 2.27. The van der Waals surface area contributed by atoms with E-state index < -0.39 is 5.97 Å². The Bertz CT molecular complexity index is 370. The summed E-state index contributed by atoms with van der Waals surface area (Å²) in [6, 6.07) is 5.98. The molecule has 3 nitrogen and oxygen atoms in total. The quantitative estimate of drug-likeness (QED) is 0.770. The number of hydrogen-bond acceptors (Lipinski definition) is 2. The van der Waals surface area contributed by atoms with Crippen LogP contribution in [0.1, 0.15) is 28.8 Å². The molecule has 3 heteroatoms. The van der Waals surface area contributed by atoms with Crippen molar-refractivity contribution < 1.29 is 9.90 Å². The highest BCUT2D eigenvalue weighted by atomic mass is 16.4. The van der Waals surface area contributed by atoms with Crippen molar-refractivity contribution in [3.05, 3.63) is 29.3 Å². The summed E-state index contributed by atoms with van der Waals surface area (Å²) in [6.45, 7) is 1.82. The van der Waals surface area contributed by atoms with E-state index in [0.717, 1.165) is 11.3 Å². The van der Waals surface area contributed by atoms with Crippen molar-refractivity contribution in [2.24, 2.45) is 0 Å². The molecule has 2 N–H and O–H groups in total. The molecular weight excluding hydrogens is 178 g/mol. The van der Waals surface area contributed by atoms with Gasteiger partial charge in [-0.15, -0.1) is 0 Å². The summed E-state index contributed by atoms with van der Waals surface area (Å²) in [7, 11) is 0. The van der Waals surface area contributed by atoms with Gasteiger partial charge in [0, 0.05) is 11.7 Å². The molecule has 1 aliphatic carbocycles. The molecule has 0 spiro atoms. The Kier molecular flexibility index (Phi) is 2.15. The zero-order valence-electron chi connectivity index (χ0n) is 8.08. The number of rotatable bonds is 3. The molecule has 1 fully saturated rings. The first kappa shape index (κ1) is 9.06. The maximum atomic E-state index is 10.7. The van der Waals surface area contributed by atoms with Gasteiger partial charge >= 0.3 is 5.97 Å². The molecule has 0 aromatic heterocycles. The molecule has 14 heavy (non-hydrogen) atoms. The van der Waals surface area contributed by atoms with Crippen molar-refractivity contribution in [3.63, 3.8) is 0 Å². The largest absolute Gasteiger partial charge is 0.478 e. The Labute approximate surface area is 82.8 Å². The zero-order valence-corrected chi connectivity index (χ0v) is 8.08. The molecule has 1 aliphatic rings. The van der Waals surface area contributed by atoms with E-state index in [1.54, 1.807) is 6.07 Å². The Balaban J connectivity index is 2.20. The van der Waals surface area contributed by atoms with Gasteiger partial charge in [-0.2, -0.15) is 0 Å². The van der Waals surface area contributed by atoms with E-state index in [1.165, 1.54) is 12.8 Å². The molecule has 0 heterocycles. The number of anilines is 1. The van der Waals surface area contributed by atoms with E-state index in [4.69, 9.17) is 5.11 Å². The maximum Gasteiger partial charge on any atom is 0.335 e. The first-order valence-corrected chi connectivity index (χ1v) is 4.77. The van der Waals surface area contributed by atoms with Crippen molar-refractivity contribution in [3.8, 4) is 0 Å². The van der Waals surface area contributed by atoms with Crippen LogP contribution in [0.4, 0.5) is 5.69 Å². The maximum absolute atomic E-state index is 10.7. The summed E-state index contributed by atoms with van der Waals surface area (Å²) in [5.41, 5.74) is 2.21. The second-order valence-electron chi connectivity index (χ2n) is 3.75. The van der Waals surface area contributed by atoms with Crippen LogP contribution in [0.25, 0.3) is 0 Å². The van der Waals surface area contributed by atoms with Crippen molar-refractivity contribution in [2.45, 2.75) is 25.8 Å². The van der Waals surface area contributed by atoms with Crippen LogP contribution in [-0.4, -0.2) is 17.1 Å². The summed E-state index contributed by atoms with van der Waals surface area (Å²) in [6.07, 6.45) is 2.44. The number of carboxylic acid groups (broad SMARTS) is 1. The van der Waals surface area contributed by atoms with Crippen LogP contribution in [0.3, 0.4) is 0 Å². The zero-order chi connectivity index (χ0) is 10.1. The highest BCUT2D eigenvalue weighted by molar-refractivity contribution is 5.89. The standard InChI is InChI=1S/C11H13NO2/c1-7-6-9(12-8-2-3-8)4-5-10(7)11(13)14/h4-6,8,12H,2-3H2,1H3,(H,13,14). The van der Waals surface area contributed by atoms with Crippen LogP contribution >= 0.6 is 0 Å². The third-order valence-corrected chi connectivity index (χ3v) is 2.40. The molecule has 0 saturated heterocycles. The number of hydrogen-bond donors (Lipinski definition) is 2. The summed E-state index contributed by atoms with van der Waals surface area (Å²) < 4.78 is 0. The third-order valence-electron chi connectivity index (χ3n) is 2.40. The lowest BCUT2D eigenvalue weighted by Crippen LogP contribution is -2.04. The Morgan fingerprint density at radius 1 is 1.50 bits per heavy atom. The number of nitrogens with one attached hydrogen (secondary N) is 1. The van der Waals surface area contributed by atoms with E-state index in [9.17, 15) is 4.79 Å². The number of carboxylic acids is 1. The van der Waals surface area contributed by atoms with Gasteiger partial charge in [-0.25, -0.2) is 4.79 Å². The average Bonchev–Trinajstić information content (AvgIpc) is 2.87. The van der Waals surface area contributed by atoms with Gasteiger partial charge < -0.3 is 10.4 Å². The van der Waals surface area contributed by atoms with Gasteiger partial charge in [0.05, 0.1) is 5.56 Å². The van der Waals surface area contributed by atoms with Gasteiger partial charge in [0.2, 0.25) is 0 Å². The summed E-state index contributed by atoms with van der Waals surface area (Å²) >= 11 is 0. The highest BCUT2D eigenvalue weighted by Gasteiger charge is 2.20. The minimum absolute atomic E-state index is 0.381. The molecule has 0 atom stereocenters. The normalized spacial score (nSPS) is 15.2. The van der Waals surface area contributed by atoms with Crippen molar-refractivity contribution in [1.82, 2.24) is 0 Å². The van der Waals surface area contributed by atoms with E-state index in [1.807, 2.05) is 19.1 Å². The molecule has 0 aliphatic heterocycles. The molecule has 0 bridgehead atoms. The van der Waals surface area contributed by atoms with Crippen molar-refractivity contribution in [1.29, 1.82) is 0 Å². The number of carbonyl (C=O) groups is 1. The van der Waals surface area contributed by atoms with Gasteiger partial charge in [0.15, 0.2) is 0 Å². The molecule has 74 valence electrons. The minimum atomic E-state index is -0.861. The smallest absolute Gasteiger partial charge is 0.335 e. The fraction of sp³-hybridized carbons (Fsp3) is 0.364. The Morgan fingerprint density at radius 3 is 2.71 bits per heavy atom. The van der Waals surface area contributed by atoms with Crippen LogP contribution < -0.4 is 5.32 Å². The van der Waals surface area contributed by atoms with Crippen molar-refractivity contribution in [2.75, 3.05) is 5.32 Å². The van der Waals surface area contributed by atoms with Gasteiger partial charge in [-0.1, -0.05) is 0 Å². The molecule has 0 unspecified atom stereocenters. The fourth-order valence-corrected chi connectivity index (χ4v) is 1.46. The summed E-state index contributed by atoms with van der Waals surface area (Å²) in [5.74, 6) is -0.861. The van der Waals surface area contributed by atoms with E-state index in [0.29, 0.717) is 11.6 Å². The third kappa shape index (κ3) is 1.87. The van der Waals surface area contributed by atoms with E-state index in [-0.39, 0.29) is 0 Å². The van der Waals surface area contributed by atoms with Crippen molar-refractivity contribution >= 4 is 11.7 Å². The van der Waals surface area contributed by atoms with E-state index in [2.05, 4.69) is 5.32 Å². The Morgan fingerprint density at radius 2 is 2.21 bits per heavy atom. The van der Waals surface area contributed by atoms with E-state index >= 15 is 0 Å². The van der Waals surface area contributed by atoms with Crippen LogP contribution in [0.5, 0.6) is 0 Å². The van der Waals surface area contributed by atoms with Gasteiger partial charge in [0.1, 0.15) is 0 Å². The second-order valence-corrected chi connectivity index (χ2v) is 3.75. The summed E-state index contributed by atoms with van der Waals surface area (Å²) in [4.78, 5) is 10.7. The summed E-state index contributed by atoms with van der Waals surface area (Å²) in [5, 5.41) is 12.2. The Hall–Kier alpha value is -1.51. The molecule has 0 radical (unpaired) electrons. The number of aryl methyl sites for hydroxylation is 1. The lowest BCUT2D eigenvalue weighted by atomic mass is 10.1. The molecule has 1 aromatic carbocycles. The van der Waals surface area contributed by atoms with Crippen LogP contribution in [-0.2, 0) is 0 Å². The highest BCUT2D eigenvalue weighted by Crippen LogP contribution is 2.25. The molecule has 1 aromatic rings. The first-order chi connectivity index (χ1) is 6.66. The van der Waals surface area contributed by atoms with Gasteiger partial charge in [0.25, 0.3) is 0 Å². The van der Waals surface area contributed by atoms with Crippen LogP contribution in [0.15, 0.2) is 18.2 Å². The first-order valence-electron chi connectivity index (χ1n) is 4.77. The number of aromatic carboxylic acids is 1. The lowest BCUT2D eigenvalue weighted by molar-refractivity contribution is 0.0696. The minimum Gasteiger partial charge on any atom is -0.478 e. The topological polar surface area (TPSA) is 49.3 Å². The van der Waals surface area contributed by atoms with Crippen LogP contribution in [0, 0.1) is 6.92 Å². The molecule has 1 saturated carbocycles. The average molecular weight is 191 g/mol. The van der Waals surface area contributed by atoms with Crippen LogP contribution in [0.2, 0.25) is 0 Å². The second kappa shape index (κ2) is 3.33. The molecule has 2 rings (SSSR count). The van der Waals surface area contributed by atoms with Gasteiger partial charge in [-0.3, -0.25) is 0 Å². The predicted molar refractivity (Wildman–Crippen MR) is 54.8 cm³/mol. The molecule has 0 amide bonds. The molecular formula is C11H13NO2. The van der Waals surface area contributed by atoms with Gasteiger partial charge in [-0.05, 0) is 43.5 Å². The lowest BCUT2D eigenvalue weighted by Gasteiger charge is -2.07. The number of benzene rings is 1. The monoisotopic (exact) mass is 191 g/mol. The fourth-order valence-electron chi connectivity index (χ4n) is 1.46.